The summed E-state index contributed by atoms with van der Waals surface area (Å²) in [6, 6.07) is 0. The molecule has 0 amide bonds. The lowest BCUT2D eigenvalue weighted by Gasteiger charge is -2.21. The van der Waals surface area contributed by atoms with Gasteiger partial charge < -0.3 is 4.55 Å². The number of nitrogens with one attached hydrogen (secondary N) is 1. The van der Waals surface area contributed by atoms with Gasteiger partial charge in [0.05, 0.1) is 5.25 Å². The van der Waals surface area contributed by atoms with Gasteiger partial charge in [-0.2, -0.15) is 4.13 Å². The van der Waals surface area contributed by atoms with Crippen LogP contribution in [0.15, 0.2) is 0 Å². The molecular weight excluding hydrogens is 198 g/mol. The van der Waals surface area contributed by atoms with Crippen LogP contribution in [0.1, 0.15) is 32.1 Å². The van der Waals surface area contributed by atoms with Crippen LogP contribution in [0.3, 0.4) is 0 Å². The summed E-state index contributed by atoms with van der Waals surface area (Å²) in [6.45, 7) is 0. The van der Waals surface area contributed by atoms with Crippen molar-refractivity contribution in [2.24, 2.45) is 0 Å². The maximum Gasteiger partial charge on any atom is 0.106 e. The molecule has 0 aromatic carbocycles. The van der Waals surface area contributed by atoms with E-state index in [1.54, 1.807) is 0 Å². The Morgan fingerprint density at radius 3 is 2.25 bits per heavy atom. The van der Waals surface area contributed by atoms with Gasteiger partial charge in [-0.1, -0.05) is 19.3 Å². The first-order valence-electron chi connectivity index (χ1n) is 3.96. The molecule has 1 aliphatic rings. The van der Waals surface area contributed by atoms with E-state index in [0.717, 1.165) is 25.7 Å². The average molecular weight is 210 g/mol. The standard InChI is InChI=1S/C6H13NO3S2/c8-11(7-12(9)10)6-4-2-1-3-5-6/h6-7H,1-5H2,(H,9,10)/p-1. The number of rotatable bonds is 3. The first-order valence-corrected chi connectivity index (χ1v) is 6.25. The van der Waals surface area contributed by atoms with Crippen LogP contribution in [0.2, 0.25) is 0 Å². The van der Waals surface area contributed by atoms with E-state index in [4.69, 9.17) is 0 Å². The van der Waals surface area contributed by atoms with E-state index >= 15 is 0 Å². The zero-order valence-corrected chi connectivity index (χ0v) is 8.29. The van der Waals surface area contributed by atoms with Gasteiger partial charge >= 0.3 is 0 Å². The molecule has 1 aliphatic carbocycles. The molecule has 0 spiro atoms. The molecule has 0 aromatic heterocycles. The molecule has 0 bridgehead atoms. The van der Waals surface area contributed by atoms with Gasteiger partial charge in [0.2, 0.25) is 0 Å². The third-order valence-electron chi connectivity index (χ3n) is 2.01. The van der Waals surface area contributed by atoms with E-state index in [2.05, 4.69) is 0 Å². The third kappa shape index (κ3) is 3.30. The molecule has 0 heterocycles. The molecule has 4 nitrogen and oxygen atoms in total. The van der Waals surface area contributed by atoms with Crippen LogP contribution in [0.4, 0.5) is 0 Å². The van der Waals surface area contributed by atoms with Gasteiger partial charge in [0.25, 0.3) is 0 Å². The predicted molar refractivity (Wildman–Crippen MR) is 47.1 cm³/mol. The summed E-state index contributed by atoms with van der Waals surface area (Å²) in [4.78, 5) is 0. The second-order valence-electron chi connectivity index (χ2n) is 2.88. The van der Waals surface area contributed by atoms with Crippen molar-refractivity contribution >= 4 is 22.3 Å². The minimum absolute atomic E-state index is 0.0247. The van der Waals surface area contributed by atoms with Crippen LogP contribution in [0.25, 0.3) is 0 Å². The minimum atomic E-state index is -2.40. The van der Waals surface area contributed by atoms with E-state index in [1.807, 2.05) is 4.13 Å². The van der Waals surface area contributed by atoms with Crippen molar-refractivity contribution in [2.45, 2.75) is 37.4 Å². The van der Waals surface area contributed by atoms with Crippen LogP contribution in [-0.4, -0.2) is 18.2 Å². The smallest absolute Gasteiger partial charge is 0.106 e. The summed E-state index contributed by atoms with van der Waals surface area (Å²) in [7, 11) is -1.40. The summed E-state index contributed by atoms with van der Waals surface area (Å²) in [5.41, 5.74) is 0. The van der Waals surface area contributed by atoms with Crippen molar-refractivity contribution in [3.8, 4) is 0 Å². The highest BCUT2D eigenvalue weighted by molar-refractivity contribution is 7.96. The maximum atomic E-state index is 11.2. The Balaban J connectivity index is 2.34. The van der Waals surface area contributed by atoms with Crippen molar-refractivity contribution in [2.75, 3.05) is 0 Å². The highest BCUT2D eigenvalue weighted by Gasteiger charge is 2.19. The van der Waals surface area contributed by atoms with Crippen molar-refractivity contribution in [1.29, 1.82) is 0 Å². The highest BCUT2D eigenvalue weighted by atomic mass is 32.3. The summed E-state index contributed by atoms with van der Waals surface area (Å²) in [5.74, 6) is 0. The van der Waals surface area contributed by atoms with Crippen LogP contribution >= 0.6 is 0 Å². The fourth-order valence-corrected chi connectivity index (χ4v) is 3.26. The van der Waals surface area contributed by atoms with Gasteiger partial charge in [0, 0.05) is 11.3 Å². The molecule has 0 radical (unpaired) electrons. The van der Waals surface area contributed by atoms with E-state index in [0.29, 0.717) is 0 Å². The van der Waals surface area contributed by atoms with Gasteiger partial charge in [0.1, 0.15) is 11.0 Å². The molecule has 6 heteroatoms. The van der Waals surface area contributed by atoms with E-state index in [-0.39, 0.29) is 5.25 Å². The second kappa shape index (κ2) is 5.06. The zero-order valence-electron chi connectivity index (χ0n) is 6.65. The fraction of sp³-hybridized carbons (Fsp3) is 1.00. The normalized spacial score (nSPS) is 25.1. The Labute approximate surface area is 77.1 Å². The zero-order chi connectivity index (χ0) is 8.97. The molecule has 1 fully saturated rings. The van der Waals surface area contributed by atoms with Crippen molar-refractivity contribution in [3.05, 3.63) is 0 Å². The predicted octanol–water partition coefficient (Wildman–Crippen LogP) is 0.366. The highest BCUT2D eigenvalue weighted by Crippen LogP contribution is 2.21. The summed E-state index contributed by atoms with van der Waals surface area (Å²) >= 11 is -2.40. The molecule has 0 aromatic rings. The Bertz CT molecular complexity index is 191. The molecule has 1 N–H and O–H groups in total. The van der Waals surface area contributed by atoms with Gasteiger partial charge in [-0.05, 0) is 12.8 Å². The van der Waals surface area contributed by atoms with Gasteiger partial charge in [0.15, 0.2) is 0 Å². The maximum absolute atomic E-state index is 11.2. The Morgan fingerprint density at radius 1 is 1.17 bits per heavy atom. The summed E-state index contributed by atoms with van der Waals surface area (Å²) < 4.78 is 33.5. The SMILES string of the molecule is O=S([O-])NS(=O)C1CCCCC1. The molecule has 1 saturated carbocycles. The molecule has 2 atom stereocenters. The topological polar surface area (TPSA) is 69.2 Å². The van der Waals surface area contributed by atoms with Crippen molar-refractivity contribution < 1.29 is 13.0 Å². The number of hydrogen-bond acceptors (Lipinski definition) is 3. The van der Waals surface area contributed by atoms with Crippen LogP contribution < -0.4 is 4.13 Å². The Kier molecular flexibility index (Phi) is 4.34. The fourth-order valence-electron chi connectivity index (χ4n) is 1.41. The number of hydrogen-bond donors (Lipinski definition) is 1. The Morgan fingerprint density at radius 2 is 1.75 bits per heavy atom. The van der Waals surface area contributed by atoms with Gasteiger partial charge in [-0.15, -0.1) is 0 Å². The lowest BCUT2D eigenvalue weighted by molar-refractivity contribution is 0.501. The lowest BCUT2D eigenvalue weighted by atomic mass is 10.0. The quantitative estimate of drug-likeness (QED) is 0.684. The second-order valence-corrected chi connectivity index (χ2v) is 5.27. The van der Waals surface area contributed by atoms with Crippen LogP contribution in [0.5, 0.6) is 0 Å². The van der Waals surface area contributed by atoms with Crippen LogP contribution in [0, 0.1) is 0 Å². The van der Waals surface area contributed by atoms with Gasteiger partial charge in [-0.25, -0.2) is 4.21 Å². The summed E-state index contributed by atoms with van der Waals surface area (Å²) in [5, 5.41) is 0.0247. The molecular formula is C6H12NO3S2-. The Hall–Kier alpha value is 0.220. The largest absolute Gasteiger partial charge is 0.759 e. The van der Waals surface area contributed by atoms with Crippen molar-refractivity contribution in [3.63, 3.8) is 0 Å². The van der Waals surface area contributed by atoms with Gasteiger partial charge in [-0.3, -0.25) is 4.21 Å². The monoisotopic (exact) mass is 210 g/mol. The van der Waals surface area contributed by atoms with E-state index in [9.17, 15) is 13.0 Å². The third-order valence-corrected chi connectivity index (χ3v) is 4.28. The molecule has 0 aliphatic heterocycles. The van der Waals surface area contributed by atoms with Crippen molar-refractivity contribution in [1.82, 2.24) is 4.13 Å². The first-order chi connectivity index (χ1) is 5.70. The molecule has 12 heavy (non-hydrogen) atoms. The van der Waals surface area contributed by atoms with E-state index < -0.39 is 22.3 Å². The summed E-state index contributed by atoms with van der Waals surface area (Å²) in [6.07, 6.45) is 5.04. The minimum Gasteiger partial charge on any atom is -0.759 e. The van der Waals surface area contributed by atoms with E-state index in [1.165, 1.54) is 6.42 Å². The van der Waals surface area contributed by atoms with Crippen LogP contribution in [-0.2, 0) is 22.3 Å². The average Bonchev–Trinajstić information content (AvgIpc) is 2.05. The first kappa shape index (κ1) is 10.3. The lowest BCUT2D eigenvalue weighted by Crippen LogP contribution is -2.30. The molecule has 72 valence electrons. The molecule has 1 rings (SSSR count). The molecule has 0 saturated heterocycles. The molecule has 2 unspecified atom stereocenters.